The number of rotatable bonds is 3. The Labute approximate surface area is 149 Å². The normalized spacial score (nSPS) is 20.2. The van der Waals surface area contributed by atoms with Crippen LogP contribution in [0.5, 0.6) is 0 Å². The molecule has 3 rings (SSSR count). The topological polar surface area (TPSA) is 64.2 Å². The first-order valence-corrected chi connectivity index (χ1v) is 7.51. The second-order valence-corrected chi connectivity index (χ2v) is 5.97. The molecular weight excluding hydrogens is 335 g/mol. The highest BCUT2D eigenvalue weighted by molar-refractivity contribution is 5.85. The first-order chi connectivity index (χ1) is 10.1. The van der Waals surface area contributed by atoms with Crippen molar-refractivity contribution in [3.05, 3.63) is 30.1 Å². The zero-order valence-corrected chi connectivity index (χ0v) is 15.1. The lowest BCUT2D eigenvalue weighted by Crippen LogP contribution is -2.37. The highest BCUT2D eigenvalue weighted by Gasteiger charge is 2.31. The first-order valence-electron chi connectivity index (χ1n) is 7.51. The van der Waals surface area contributed by atoms with Crippen LogP contribution >= 0.6 is 24.8 Å². The monoisotopic (exact) mass is 358 g/mol. The van der Waals surface area contributed by atoms with Crippen molar-refractivity contribution < 1.29 is 4.79 Å². The number of hydrogen-bond acceptors (Lipinski definition) is 3. The van der Waals surface area contributed by atoms with Crippen LogP contribution in [0.4, 0.5) is 0 Å². The highest BCUT2D eigenvalue weighted by atomic mass is 35.5. The molecule has 5 nitrogen and oxygen atoms in total. The minimum atomic E-state index is 0. The van der Waals surface area contributed by atoms with E-state index in [1.165, 1.54) is 0 Å². The predicted molar refractivity (Wildman–Crippen MR) is 97.3 cm³/mol. The average Bonchev–Trinajstić information content (AvgIpc) is 3.00. The molecule has 0 radical (unpaired) electrons. The number of para-hydroxylation sites is 2. The Morgan fingerprint density at radius 1 is 1.35 bits per heavy atom. The van der Waals surface area contributed by atoms with E-state index in [4.69, 9.17) is 5.73 Å². The van der Waals surface area contributed by atoms with Crippen LogP contribution in [0.2, 0.25) is 0 Å². The number of carbonyl (C=O) groups is 1. The molecule has 128 valence electrons. The van der Waals surface area contributed by atoms with Crippen LogP contribution in [0.15, 0.2) is 24.3 Å². The van der Waals surface area contributed by atoms with Crippen molar-refractivity contribution in [1.29, 1.82) is 0 Å². The number of aryl methyl sites for hydroxylation is 1. The van der Waals surface area contributed by atoms with Gasteiger partial charge in [-0.3, -0.25) is 4.79 Å². The van der Waals surface area contributed by atoms with Crippen LogP contribution in [0.3, 0.4) is 0 Å². The van der Waals surface area contributed by atoms with Crippen molar-refractivity contribution in [2.45, 2.75) is 32.9 Å². The number of hydrogen-bond donors (Lipinski definition) is 1. The van der Waals surface area contributed by atoms with Gasteiger partial charge in [-0.25, -0.2) is 4.98 Å². The lowest BCUT2D eigenvalue weighted by Gasteiger charge is -2.22. The minimum absolute atomic E-state index is 0. The number of carbonyl (C=O) groups excluding carboxylic acids is 1. The molecule has 2 unspecified atom stereocenters. The Hall–Kier alpha value is -1.30. The number of benzene rings is 1. The Bertz CT molecular complexity index is 673. The number of fused-ring (bicyclic) bond motifs is 1. The van der Waals surface area contributed by atoms with E-state index < -0.39 is 0 Å². The summed E-state index contributed by atoms with van der Waals surface area (Å²) in [5, 5.41) is 0. The van der Waals surface area contributed by atoms with E-state index in [1.807, 2.05) is 40.7 Å². The molecule has 1 aromatic carbocycles. The second-order valence-electron chi connectivity index (χ2n) is 5.97. The Kier molecular flexibility index (Phi) is 6.86. The van der Waals surface area contributed by atoms with Gasteiger partial charge in [0.05, 0.1) is 11.0 Å². The Morgan fingerprint density at radius 2 is 2.04 bits per heavy atom. The summed E-state index contributed by atoms with van der Waals surface area (Å²) in [6.45, 7) is 5.84. The number of nitrogens with two attached hydrogens (primary N) is 1. The molecule has 2 heterocycles. The van der Waals surface area contributed by atoms with Gasteiger partial charge in [-0.15, -0.1) is 24.8 Å². The van der Waals surface area contributed by atoms with Crippen molar-refractivity contribution in [2.24, 2.45) is 11.7 Å². The summed E-state index contributed by atoms with van der Waals surface area (Å²) in [5.74, 6) is 1.47. The van der Waals surface area contributed by atoms with Crippen molar-refractivity contribution in [3.63, 3.8) is 0 Å². The van der Waals surface area contributed by atoms with E-state index in [2.05, 4.69) is 11.9 Å². The molecule has 1 amide bonds. The third kappa shape index (κ3) is 3.79. The van der Waals surface area contributed by atoms with Gasteiger partial charge in [-0.1, -0.05) is 12.1 Å². The van der Waals surface area contributed by atoms with Crippen LogP contribution in [-0.2, 0) is 11.3 Å². The molecule has 2 atom stereocenters. The van der Waals surface area contributed by atoms with Crippen LogP contribution in [0.25, 0.3) is 11.0 Å². The molecule has 1 fully saturated rings. The SMILES string of the molecule is Cc1nc2ccccc2n1CC(=O)N1CC(CN)CC1C.Cl.Cl. The van der Waals surface area contributed by atoms with Gasteiger partial charge in [0.1, 0.15) is 12.4 Å². The number of halogens is 2. The van der Waals surface area contributed by atoms with Crippen molar-refractivity contribution >= 4 is 41.8 Å². The summed E-state index contributed by atoms with van der Waals surface area (Å²) < 4.78 is 2.00. The molecule has 0 saturated carbocycles. The maximum atomic E-state index is 12.6. The maximum absolute atomic E-state index is 12.6. The van der Waals surface area contributed by atoms with Gasteiger partial charge in [0.15, 0.2) is 0 Å². The number of imidazole rings is 1. The molecule has 0 bridgehead atoms. The van der Waals surface area contributed by atoms with Crippen LogP contribution in [0, 0.1) is 12.8 Å². The molecule has 1 aliphatic rings. The quantitative estimate of drug-likeness (QED) is 0.915. The van der Waals surface area contributed by atoms with E-state index in [9.17, 15) is 4.79 Å². The summed E-state index contributed by atoms with van der Waals surface area (Å²) in [6.07, 6.45) is 1.01. The second kappa shape index (κ2) is 7.99. The number of amides is 1. The smallest absolute Gasteiger partial charge is 0.242 e. The Morgan fingerprint density at radius 3 is 2.70 bits per heavy atom. The van der Waals surface area contributed by atoms with Gasteiger partial charge in [0, 0.05) is 12.6 Å². The predicted octanol–water partition coefficient (Wildman–Crippen LogP) is 2.38. The van der Waals surface area contributed by atoms with E-state index in [1.54, 1.807) is 0 Å². The fraction of sp³-hybridized carbons (Fsp3) is 0.500. The van der Waals surface area contributed by atoms with E-state index >= 15 is 0 Å². The summed E-state index contributed by atoms with van der Waals surface area (Å²) in [6, 6.07) is 8.22. The Balaban J connectivity index is 0.00000132. The van der Waals surface area contributed by atoms with Gasteiger partial charge in [0.25, 0.3) is 0 Å². The van der Waals surface area contributed by atoms with Crippen molar-refractivity contribution in [1.82, 2.24) is 14.5 Å². The first kappa shape index (κ1) is 19.7. The zero-order valence-electron chi connectivity index (χ0n) is 13.4. The molecular formula is C16H24Cl2N4O. The van der Waals surface area contributed by atoms with Crippen molar-refractivity contribution in [2.75, 3.05) is 13.1 Å². The van der Waals surface area contributed by atoms with Crippen LogP contribution < -0.4 is 5.73 Å². The molecule has 0 aliphatic carbocycles. The van der Waals surface area contributed by atoms with Gasteiger partial charge < -0.3 is 15.2 Å². The molecule has 0 spiro atoms. The molecule has 1 aliphatic heterocycles. The fourth-order valence-electron chi connectivity index (χ4n) is 3.28. The minimum Gasteiger partial charge on any atom is -0.338 e. The standard InChI is InChI=1S/C16H22N4O.2ClH/c1-11-7-13(8-17)9-19(11)16(21)10-20-12(2)18-14-5-3-4-6-15(14)20;;/h3-6,11,13H,7-10,17H2,1-2H3;2*1H. The largest absolute Gasteiger partial charge is 0.338 e. The van der Waals surface area contributed by atoms with E-state index in [0.717, 1.165) is 29.8 Å². The van der Waals surface area contributed by atoms with Gasteiger partial charge in [-0.05, 0) is 44.9 Å². The summed E-state index contributed by atoms with van der Waals surface area (Å²) >= 11 is 0. The molecule has 23 heavy (non-hydrogen) atoms. The third-order valence-corrected chi connectivity index (χ3v) is 4.45. The third-order valence-electron chi connectivity index (χ3n) is 4.45. The number of aromatic nitrogens is 2. The lowest BCUT2D eigenvalue weighted by atomic mass is 10.1. The summed E-state index contributed by atoms with van der Waals surface area (Å²) in [7, 11) is 0. The van der Waals surface area contributed by atoms with Gasteiger partial charge >= 0.3 is 0 Å². The highest BCUT2D eigenvalue weighted by Crippen LogP contribution is 2.23. The average molecular weight is 359 g/mol. The summed E-state index contributed by atoms with van der Waals surface area (Å²) in [4.78, 5) is 19.1. The number of likely N-dealkylation sites (tertiary alicyclic amines) is 1. The molecule has 2 aromatic rings. The molecule has 7 heteroatoms. The van der Waals surface area contributed by atoms with Gasteiger partial charge in [-0.2, -0.15) is 0 Å². The lowest BCUT2D eigenvalue weighted by molar-refractivity contribution is -0.132. The molecule has 2 N–H and O–H groups in total. The fourth-order valence-corrected chi connectivity index (χ4v) is 3.28. The van der Waals surface area contributed by atoms with E-state index in [0.29, 0.717) is 19.0 Å². The molecule has 1 aromatic heterocycles. The maximum Gasteiger partial charge on any atom is 0.242 e. The van der Waals surface area contributed by atoms with E-state index in [-0.39, 0.29) is 36.8 Å². The summed E-state index contributed by atoms with van der Waals surface area (Å²) in [5.41, 5.74) is 7.70. The van der Waals surface area contributed by atoms with Crippen LogP contribution in [-0.4, -0.2) is 39.5 Å². The van der Waals surface area contributed by atoms with Crippen molar-refractivity contribution in [3.8, 4) is 0 Å². The van der Waals surface area contributed by atoms with Crippen LogP contribution in [0.1, 0.15) is 19.2 Å². The molecule has 1 saturated heterocycles. The number of nitrogens with zero attached hydrogens (tertiary/aromatic N) is 3. The van der Waals surface area contributed by atoms with Gasteiger partial charge in [0.2, 0.25) is 5.91 Å². The zero-order chi connectivity index (χ0) is 15.0.